The second kappa shape index (κ2) is 5.33. The van der Waals surface area contributed by atoms with Gasteiger partial charge in [0, 0.05) is 25.3 Å². The SMILES string of the molecule is CC(O)NC1CCN(c2ccncc2N)CC1. The molecule has 1 aliphatic rings. The maximum atomic E-state index is 9.28. The number of nitrogens with two attached hydrogens (primary N) is 1. The molecule has 1 unspecified atom stereocenters. The lowest BCUT2D eigenvalue weighted by Crippen LogP contribution is -2.45. The predicted molar refractivity (Wildman–Crippen MR) is 68.7 cm³/mol. The van der Waals surface area contributed by atoms with Gasteiger partial charge in [0.05, 0.1) is 17.6 Å². The molecule has 2 heterocycles. The van der Waals surface area contributed by atoms with Crippen LogP contribution in [0.3, 0.4) is 0 Å². The Bertz CT molecular complexity index is 361. The first kappa shape index (κ1) is 12.1. The molecule has 4 N–H and O–H groups in total. The third-order valence-electron chi connectivity index (χ3n) is 3.14. The van der Waals surface area contributed by atoms with Crippen molar-refractivity contribution in [3.8, 4) is 0 Å². The average Bonchev–Trinajstić information content (AvgIpc) is 2.30. The first-order valence-corrected chi connectivity index (χ1v) is 6.05. The molecule has 0 spiro atoms. The molecule has 0 radical (unpaired) electrons. The Hall–Kier alpha value is -1.33. The van der Waals surface area contributed by atoms with Gasteiger partial charge in [0.25, 0.3) is 0 Å². The number of rotatable bonds is 3. The molecule has 1 aliphatic heterocycles. The van der Waals surface area contributed by atoms with Gasteiger partial charge in [-0.2, -0.15) is 0 Å². The molecule has 2 rings (SSSR count). The van der Waals surface area contributed by atoms with Gasteiger partial charge in [-0.15, -0.1) is 0 Å². The van der Waals surface area contributed by atoms with Crippen LogP contribution < -0.4 is 16.0 Å². The molecule has 17 heavy (non-hydrogen) atoms. The molecule has 1 aromatic heterocycles. The average molecular weight is 236 g/mol. The van der Waals surface area contributed by atoms with Gasteiger partial charge in [0.2, 0.25) is 0 Å². The summed E-state index contributed by atoms with van der Waals surface area (Å²) in [5, 5.41) is 12.4. The molecule has 94 valence electrons. The lowest BCUT2D eigenvalue weighted by atomic mass is 10.0. The van der Waals surface area contributed by atoms with E-state index in [1.165, 1.54) is 0 Å². The fourth-order valence-electron chi connectivity index (χ4n) is 2.32. The number of nitrogens with zero attached hydrogens (tertiary/aromatic N) is 2. The molecule has 0 aromatic carbocycles. The second-order valence-electron chi connectivity index (χ2n) is 4.54. The number of aliphatic hydroxyl groups excluding tert-OH is 1. The molecule has 0 aliphatic carbocycles. The van der Waals surface area contributed by atoms with Crippen molar-refractivity contribution in [2.75, 3.05) is 23.7 Å². The van der Waals surface area contributed by atoms with E-state index >= 15 is 0 Å². The minimum absolute atomic E-state index is 0.398. The molecule has 0 saturated carbocycles. The van der Waals surface area contributed by atoms with Crippen LogP contribution in [0.5, 0.6) is 0 Å². The number of hydrogen-bond donors (Lipinski definition) is 3. The van der Waals surface area contributed by atoms with Crippen molar-refractivity contribution in [3.63, 3.8) is 0 Å². The van der Waals surface area contributed by atoms with Crippen molar-refractivity contribution in [1.82, 2.24) is 10.3 Å². The zero-order valence-corrected chi connectivity index (χ0v) is 10.1. The molecule has 1 saturated heterocycles. The van der Waals surface area contributed by atoms with Crippen LogP contribution in [0, 0.1) is 0 Å². The van der Waals surface area contributed by atoms with Crippen LogP contribution in [-0.4, -0.2) is 35.4 Å². The summed E-state index contributed by atoms with van der Waals surface area (Å²) in [6.45, 7) is 3.67. The van der Waals surface area contributed by atoms with E-state index in [2.05, 4.69) is 15.2 Å². The predicted octanol–water partition coefficient (Wildman–Crippen LogP) is 0.560. The Morgan fingerprint density at radius 1 is 1.53 bits per heavy atom. The Labute approximate surface area is 102 Å². The van der Waals surface area contributed by atoms with Crippen LogP contribution in [0.4, 0.5) is 11.4 Å². The lowest BCUT2D eigenvalue weighted by Gasteiger charge is -2.35. The van der Waals surface area contributed by atoms with Gasteiger partial charge in [0.1, 0.15) is 6.23 Å². The number of piperidine rings is 1. The van der Waals surface area contributed by atoms with Crippen LogP contribution >= 0.6 is 0 Å². The highest BCUT2D eigenvalue weighted by Gasteiger charge is 2.20. The van der Waals surface area contributed by atoms with Crippen molar-refractivity contribution < 1.29 is 5.11 Å². The smallest absolute Gasteiger partial charge is 0.102 e. The summed E-state index contributed by atoms with van der Waals surface area (Å²) in [7, 11) is 0. The molecule has 1 fully saturated rings. The number of anilines is 2. The summed E-state index contributed by atoms with van der Waals surface area (Å²) in [5.74, 6) is 0. The van der Waals surface area contributed by atoms with E-state index in [1.54, 1.807) is 19.3 Å². The zero-order chi connectivity index (χ0) is 12.3. The van der Waals surface area contributed by atoms with Gasteiger partial charge in [-0.25, -0.2) is 0 Å². The van der Waals surface area contributed by atoms with E-state index in [1.807, 2.05) is 6.07 Å². The number of nitrogen functional groups attached to an aromatic ring is 1. The first-order chi connectivity index (χ1) is 8.16. The molecule has 1 atom stereocenters. The summed E-state index contributed by atoms with van der Waals surface area (Å²) in [6.07, 6.45) is 5.07. The van der Waals surface area contributed by atoms with Gasteiger partial charge in [-0.05, 0) is 25.8 Å². The van der Waals surface area contributed by atoms with E-state index in [0.717, 1.165) is 37.3 Å². The van der Waals surface area contributed by atoms with Gasteiger partial charge in [-0.1, -0.05) is 0 Å². The zero-order valence-electron chi connectivity index (χ0n) is 10.1. The quantitative estimate of drug-likeness (QED) is 0.669. The summed E-state index contributed by atoms with van der Waals surface area (Å²) in [4.78, 5) is 6.27. The third kappa shape index (κ3) is 3.08. The highest BCUT2D eigenvalue weighted by atomic mass is 16.3. The number of aromatic nitrogens is 1. The first-order valence-electron chi connectivity index (χ1n) is 6.05. The Morgan fingerprint density at radius 2 is 2.24 bits per heavy atom. The van der Waals surface area contributed by atoms with Crippen molar-refractivity contribution in [2.24, 2.45) is 0 Å². The van der Waals surface area contributed by atoms with Crippen molar-refractivity contribution >= 4 is 11.4 Å². The second-order valence-corrected chi connectivity index (χ2v) is 4.54. The summed E-state index contributed by atoms with van der Waals surface area (Å²) in [6, 6.07) is 2.35. The van der Waals surface area contributed by atoms with E-state index < -0.39 is 6.23 Å². The normalized spacial score (nSPS) is 19.3. The van der Waals surface area contributed by atoms with E-state index in [9.17, 15) is 5.11 Å². The maximum Gasteiger partial charge on any atom is 0.102 e. The molecule has 5 heteroatoms. The summed E-state index contributed by atoms with van der Waals surface area (Å²) >= 11 is 0. The van der Waals surface area contributed by atoms with E-state index in [4.69, 9.17) is 5.73 Å². The fourth-order valence-corrected chi connectivity index (χ4v) is 2.32. The topological polar surface area (TPSA) is 74.4 Å². The Morgan fingerprint density at radius 3 is 2.82 bits per heavy atom. The monoisotopic (exact) mass is 236 g/mol. The Kier molecular flexibility index (Phi) is 3.81. The molecular weight excluding hydrogens is 216 g/mol. The number of pyridine rings is 1. The molecule has 0 bridgehead atoms. The molecule has 1 aromatic rings. The standard InChI is InChI=1S/C12H20N4O/c1-9(17)15-10-3-6-16(7-4-10)12-2-5-14-8-11(12)13/h2,5,8-10,15,17H,3-4,6-7,13H2,1H3. The van der Waals surface area contributed by atoms with Crippen LogP contribution in [0.1, 0.15) is 19.8 Å². The van der Waals surface area contributed by atoms with Crippen molar-refractivity contribution in [1.29, 1.82) is 0 Å². The maximum absolute atomic E-state index is 9.28. The Balaban J connectivity index is 1.93. The van der Waals surface area contributed by atoms with Crippen LogP contribution in [-0.2, 0) is 0 Å². The molecule has 5 nitrogen and oxygen atoms in total. The van der Waals surface area contributed by atoms with Crippen LogP contribution in [0.15, 0.2) is 18.5 Å². The van der Waals surface area contributed by atoms with Crippen LogP contribution in [0.25, 0.3) is 0 Å². The number of hydrogen-bond acceptors (Lipinski definition) is 5. The largest absolute Gasteiger partial charge is 0.396 e. The van der Waals surface area contributed by atoms with Crippen molar-refractivity contribution in [3.05, 3.63) is 18.5 Å². The minimum atomic E-state index is -0.433. The third-order valence-corrected chi connectivity index (χ3v) is 3.14. The van der Waals surface area contributed by atoms with E-state index in [-0.39, 0.29) is 0 Å². The molecule has 0 amide bonds. The number of nitrogens with one attached hydrogen (secondary N) is 1. The number of aliphatic hydroxyl groups is 1. The van der Waals surface area contributed by atoms with E-state index in [0.29, 0.717) is 6.04 Å². The summed E-state index contributed by atoms with van der Waals surface area (Å²) < 4.78 is 0. The highest BCUT2D eigenvalue weighted by Crippen LogP contribution is 2.24. The van der Waals surface area contributed by atoms with Gasteiger partial charge < -0.3 is 15.7 Å². The van der Waals surface area contributed by atoms with Gasteiger partial charge in [-0.3, -0.25) is 10.3 Å². The van der Waals surface area contributed by atoms with Gasteiger partial charge in [0.15, 0.2) is 0 Å². The van der Waals surface area contributed by atoms with Crippen molar-refractivity contribution in [2.45, 2.75) is 32.0 Å². The fraction of sp³-hybridized carbons (Fsp3) is 0.583. The summed E-state index contributed by atoms with van der Waals surface area (Å²) in [5.41, 5.74) is 7.70. The minimum Gasteiger partial charge on any atom is -0.396 e. The van der Waals surface area contributed by atoms with Crippen LogP contribution in [0.2, 0.25) is 0 Å². The highest BCUT2D eigenvalue weighted by molar-refractivity contribution is 5.66. The lowest BCUT2D eigenvalue weighted by molar-refractivity contribution is 0.134. The van der Waals surface area contributed by atoms with Gasteiger partial charge >= 0.3 is 0 Å². The molecular formula is C12H20N4O.